The lowest BCUT2D eigenvalue weighted by Gasteiger charge is -2.22. The van der Waals surface area contributed by atoms with Crippen LogP contribution in [0.5, 0.6) is 5.75 Å². The second kappa shape index (κ2) is 7.25. The molecule has 1 heterocycles. The van der Waals surface area contributed by atoms with Gasteiger partial charge in [0.15, 0.2) is 0 Å². The summed E-state index contributed by atoms with van der Waals surface area (Å²) < 4.78 is 0. The van der Waals surface area contributed by atoms with E-state index in [-0.39, 0.29) is 17.7 Å². The first-order valence-electron chi connectivity index (χ1n) is 8.63. The lowest BCUT2D eigenvalue weighted by atomic mass is 9.97. The van der Waals surface area contributed by atoms with Gasteiger partial charge in [0.25, 0.3) is 5.91 Å². The van der Waals surface area contributed by atoms with Crippen LogP contribution in [0.1, 0.15) is 33.9 Å². The van der Waals surface area contributed by atoms with Gasteiger partial charge in [0.2, 0.25) is 0 Å². The Hall–Kier alpha value is -3.11. The van der Waals surface area contributed by atoms with Crippen LogP contribution in [0.2, 0.25) is 5.02 Å². The highest BCUT2D eigenvalue weighted by atomic mass is 35.5. The average molecular weight is 377 g/mol. The van der Waals surface area contributed by atoms with Crippen LogP contribution in [-0.2, 0) is 0 Å². The number of carbonyl (C=O) groups is 1. The van der Waals surface area contributed by atoms with Gasteiger partial charge in [0.05, 0.1) is 11.8 Å². The Kier molecular flexibility index (Phi) is 4.65. The van der Waals surface area contributed by atoms with Gasteiger partial charge < -0.3 is 5.11 Å². The molecule has 1 atom stereocenters. The van der Waals surface area contributed by atoms with Gasteiger partial charge in [-0.3, -0.25) is 4.79 Å². The van der Waals surface area contributed by atoms with Crippen LogP contribution >= 0.6 is 11.6 Å². The molecule has 4 nitrogen and oxygen atoms in total. The van der Waals surface area contributed by atoms with E-state index in [4.69, 9.17) is 11.6 Å². The second-order valence-electron chi connectivity index (χ2n) is 6.35. The van der Waals surface area contributed by atoms with Crippen molar-refractivity contribution in [2.45, 2.75) is 12.5 Å². The minimum atomic E-state index is -0.371. The quantitative estimate of drug-likeness (QED) is 0.696. The molecule has 1 N–H and O–H groups in total. The molecule has 134 valence electrons. The summed E-state index contributed by atoms with van der Waals surface area (Å²) in [6.45, 7) is 0. The fraction of sp³-hybridized carbons (Fsp3) is 0.0909. The minimum absolute atomic E-state index is 0.154. The first kappa shape index (κ1) is 17.3. The summed E-state index contributed by atoms with van der Waals surface area (Å²) in [5.41, 5.74) is 2.95. The molecule has 4 rings (SSSR count). The van der Waals surface area contributed by atoms with Gasteiger partial charge in [-0.05, 0) is 35.9 Å². The molecule has 1 aliphatic heterocycles. The molecule has 0 aliphatic carbocycles. The van der Waals surface area contributed by atoms with Gasteiger partial charge in [0.1, 0.15) is 5.75 Å². The summed E-state index contributed by atoms with van der Waals surface area (Å²) in [5, 5.41) is 17.0. The van der Waals surface area contributed by atoms with Crippen LogP contribution in [0, 0.1) is 0 Å². The molecule has 0 spiro atoms. The number of halogens is 1. The molecule has 1 amide bonds. The van der Waals surface area contributed by atoms with Gasteiger partial charge in [-0.2, -0.15) is 5.10 Å². The molecule has 0 saturated heterocycles. The number of hydrogen-bond donors (Lipinski definition) is 1. The Morgan fingerprint density at radius 2 is 1.63 bits per heavy atom. The summed E-state index contributed by atoms with van der Waals surface area (Å²) in [6, 6.07) is 23.2. The summed E-state index contributed by atoms with van der Waals surface area (Å²) in [6.07, 6.45) is 0.529. The number of hydrazone groups is 1. The fourth-order valence-corrected chi connectivity index (χ4v) is 3.36. The third-order valence-electron chi connectivity index (χ3n) is 4.61. The van der Waals surface area contributed by atoms with Crippen molar-refractivity contribution in [3.8, 4) is 5.75 Å². The van der Waals surface area contributed by atoms with Crippen LogP contribution in [0.3, 0.4) is 0 Å². The standard InChI is InChI=1S/C22H17ClN2O2/c23-17-12-10-16(11-13-17)22(27)25-20(18-8-4-5-9-21(18)26)14-19(24-25)15-6-2-1-3-7-15/h1-13,20,26H,14H2/t20-/m1/s1. The maximum atomic E-state index is 13.1. The van der Waals surface area contributed by atoms with Crippen LogP contribution in [0.15, 0.2) is 84.0 Å². The molecule has 0 saturated carbocycles. The van der Waals surface area contributed by atoms with Crippen molar-refractivity contribution in [3.63, 3.8) is 0 Å². The first-order valence-corrected chi connectivity index (χ1v) is 9.01. The number of rotatable bonds is 3. The number of carbonyl (C=O) groups excluding carboxylic acids is 1. The van der Waals surface area contributed by atoms with Crippen molar-refractivity contribution in [1.29, 1.82) is 0 Å². The maximum absolute atomic E-state index is 13.1. The molecule has 27 heavy (non-hydrogen) atoms. The fourth-order valence-electron chi connectivity index (χ4n) is 3.24. The van der Waals surface area contributed by atoms with Gasteiger partial charge in [-0.25, -0.2) is 5.01 Å². The number of aromatic hydroxyl groups is 1. The molecule has 0 fully saturated rings. The van der Waals surface area contributed by atoms with Gasteiger partial charge in [-0.1, -0.05) is 60.1 Å². The summed E-state index contributed by atoms with van der Waals surface area (Å²) in [5.74, 6) is -0.0771. The third-order valence-corrected chi connectivity index (χ3v) is 4.86. The molecule has 0 bridgehead atoms. The average Bonchev–Trinajstić information content (AvgIpc) is 3.14. The smallest absolute Gasteiger partial charge is 0.274 e. The number of nitrogens with zero attached hydrogens (tertiary/aromatic N) is 2. The Labute approximate surface area is 162 Å². The predicted molar refractivity (Wildman–Crippen MR) is 106 cm³/mol. The molecule has 1 aliphatic rings. The van der Waals surface area contributed by atoms with Gasteiger partial charge in [-0.15, -0.1) is 0 Å². The molecule has 3 aromatic rings. The van der Waals surface area contributed by atoms with Crippen LogP contribution < -0.4 is 0 Å². The van der Waals surface area contributed by atoms with Crippen molar-refractivity contribution >= 4 is 23.2 Å². The first-order chi connectivity index (χ1) is 13.1. The maximum Gasteiger partial charge on any atom is 0.274 e. The van der Waals surface area contributed by atoms with E-state index < -0.39 is 0 Å². The van der Waals surface area contributed by atoms with E-state index >= 15 is 0 Å². The van der Waals surface area contributed by atoms with Crippen LogP contribution in [0.25, 0.3) is 0 Å². The van der Waals surface area contributed by atoms with Crippen molar-refractivity contribution in [2.24, 2.45) is 5.10 Å². The van der Waals surface area contributed by atoms with Crippen molar-refractivity contribution in [1.82, 2.24) is 5.01 Å². The zero-order chi connectivity index (χ0) is 18.8. The zero-order valence-corrected chi connectivity index (χ0v) is 15.2. The van der Waals surface area contributed by atoms with Crippen LogP contribution in [0.4, 0.5) is 0 Å². The van der Waals surface area contributed by atoms with Crippen LogP contribution in [-0.4, -0.2) is 21.7 Å². The van der Waals surface area contributed by atoms with Crippen molar-refractivity contribution in [2.75, 3.05) is 0 Å². The number of hydrogen-bond acceptors (Lipinski definition) is 3. The van der Waals surface area contributed by atoms with E-state index in [9.17, 15) is 9.90 Å². The molecule has 0 radical (unpaired) electrons. The van der Waals surface area contributed by atoms with Crippen molar-refractivity contribution < 1.29 is 9.90 Å². The highest BCUT2D eigenvalue weighted by Crippen LogP contribution is 2.37. The largest absolute Gasteiger partial charge is 0.508 e. The Bertz CT molecular complexity index is 1000. The molecule has 3 aromatic carbocycles. The Morgan fingerprint density at radius 1 is 0.963 bits per heavy atom. The SMILES string of the molecule is O=C(c1ccc(Cl)cc1)N1N=C(c2ccccc2)C[C@@H]1c1ccccc1O. The van der Waals surface area contributed by atoms with Crippen molar-refractivity contribution in [3.05, 3.63) is 101 Å². The molecular formula is C22H17ClN2O2. The monoisotopic (exact) mass is 376 g/mol. The zero-order valence-electron chi connectivity index (χ0n) is 14.4. The van der Waals surface area contributed by atoms with E-state index in [0.29, 0.717) is 22.6 Å². The Balaban J connectivity index is 1.75. The molecule has 5 heteroatoms. The lowest BCUT2D eigenvalue weighted by molar-refractivity contribution is 0.0709. The summed E-state index contributed by atoms with van der Waals surface area (Å²) >= 11 is 5.94. The summed E-state index contributed by atoms with van der Waals surface area (Å²) in [4.78, 5) is 13.1. The number of amides is 1. The van der Waals surface area contributed by atoms with Gasteiger partial charge >= 0.3 is 0 Å². The topological polar surface area (TPSA) is 52.9 Å². The lowest BCUT2D eigenvalue weighted by Crippen LogP contribution is -2.27. The number of phenolic OH excluding ortho intramolecular Hbond substituents is 1. The highest BCUT2D eigenvalue weighted by Gasteiger charge is 2.34. The predicted octanol–water partition coefficient (Wildman–Crippen LogP) is 5.04. The summed E-state index contributed by atoms with van der Waals surface area (Å²) in [7, 11) is 0. The third kappa shape index (κ3) is 3.44. The van der Waals surface area contributed by atoms with E-state index in [2.05, 4.69) is 5.10 Å². The second-order valence-corrected chi connectivity index (χ2v) is 6.78. The number of para-hydroxylation sites is 1. The minimum Gasteiger partial charge on any atom is -0.508 e. The highest BCUT2D eigenvalue weighted by molar-refractivity contribution is 6.30. The molecule has 0 unspecified atom stereocenters. The van der Waals surface area contributed by atoms with Gasteiger partial charge in [0, 0.05) is 22.6 Å². The normalized spacial score (nSPS) is 16.3. The number of benzene rings is 3. The van der Waals surface area contributed by atoms with E-state index in [0.717, 1.165) is 11.3 Å². The molecule has 0 aromatic heterocycles. The van der Waals surface area contributed by atoms with E-state index in [1.165, 1.54) is 5.01 Å². The van der Waals surface area contributed by atoms with E-state index in [1.54, 1.807) is 36.4 Å². The number of phenols is 1. The van der Waals surface area contributed by atoms with E-state index in [1.807, 2.05) is 42.5 Å². The Morgan fingerprint density at radius 3 is 2.33 bits per heavy atom. The molecular weight excluding hydrogens is 360 g/mol.